The van der Waals surface area contributed by atoms with Gasteiger partial charge in [0.2, 0.25) is 0 Å². The first-order valence-electron chi connectivity index (χ1n) is 7.76. The third kappa shape index (κ3) is 5.90. The van der Waals surface area contributed by atoms with Gasteiger partial charge < -0.3 is 14.6 Å². The minimum atomic E-state index is -0.593. The molecule has 1 atom stereocenters. The molecule has 1 heterocycles. The molecule has 0 fully saturated rings. The lowest BCUT2D eigenvalue weighted by Crippen LogP contribution is -2.38. The first kappa shape index (κ1) is 19.5. The maximum atomic E-state index is 12.4. The number of ether oxygens (including phenoxy) is 1. The Morgan fingerprint density at radius 1 is 1.32 bits per heavy atom. The highest BCUT2D eigenvalue weighted by atomic mass is 79.9. The SMILES string of the molecule is CC(C)(C)OC(=O)NCC(c1cccc(Cl)c1)n1ccc(Br)cc1=O. The lowest BCUT2D eigenvalue weighted by atomic mass is 10.1. The van der Waals surface area contributed by atoms with Crippen LogP contribution in [0.2, 0.25) is 5.02 Å². The Balaban J connectivity index is 2.30. The molecule has 1 amide bonds. The third-order valence-electron chi connectivity index (χ3n) is 3.32. The van der Waals surface area contributed by atoms with Gasteiger partial charge in [0.1, 0.15) is 5.60 Å². The minimum absolute atomic E-state index is 0.190. The highest BCUT2D eigenvalue weighted by Crippen LogP contribution is 2.21. The van der Waals surface area contributed by atoms with E-state index in [9.17, 15) is 9.59 Å². The summed E-state index contributed by atoms with van der Waals surface area (Å²) in [4.78, 5) is 24.3. The van der Waals surface area contributed by atoms with E-state index in [0.29, 0.717) is 9.50 Å². The Labute approximate surface area is 160 Å². The zero-order chi connectivity index (χ0) is 18.6. The van der Waals surface area contributed by atoms with Gasteiger partial charge in [-0.05, 0) is 44.5 Å². The lowest BCUT2D eigenvalue weighted by molar-refractivity contribution is 0.0522. The number of nitrogens with zero attached hydrogens (tertiary/aromatic N) is 1. The molecule has 0 aliphatic rings. The molecule has 1 N–H and O–H groups in total. The van der Waals surface area contributed by atoms with Crippen molar-refractivity contribution < 1.29 is 9.53 Å². The van der Waals surface area contributed by atoms with Gasteiger partial charge in [-0.25, -0.2) is 4.79 Å². The predicted molar refractivity (Wildman–Crippen MR) is 102 cm³/mol. The maximum Gasteiger partial charge on any atom is 0.407 e. The van der Waals surface area contributed by atoms with Gasteiger partial charge in [-0.3, -0.25) is 4.79 Å². The van der Waals surface area contributed by atoms with Gasteiger partial charge in [0.15, 0.2) is 0 Å². The number of alkyl carbamates (subject to hydrolysis) is 1. The van der Waals surface area contributed by atoms with Crippen molar-refractivity contribution in [3.8, 4) is 0 Å². The molecular weight excluding hydrogens is 408 g/mol. The second-order valence-electron chi connectivity index (χ2n) is 6.54. The summed E-state index contributed by atoms with van der Waals surface area (Å²) >= 11 is 9.37. The number of carbonyl (C=O) groups excluding carboxylic acids is 1. The number of nitrogens with one attached hydrogen (secondary N) is 1. The van der Waals surface area contributed by atoms with E-state index in [2.05, 4.69) is 21.2 Å². The summed E-state index contributed by atoms with van der Waals surface area (Å²) in [5, 5.41) is 3.28. The summed E-state index contributed by atoms with van der Waals surface area (Å²) in [5.41, 5.74) is 0.0303. The van der Waals surface area contributed by atoms with Crippen LogP contribution in [0.4, 0.5) is 4.79 Å². The van der Waals surface area contributed by atoms with Gasteiger partial charge in [0.05, 0.1) is 6.04 Å². The van der Waals surface area contributed by atoms with E-state index in [-0.39, 0.29) is 12.1 Å². The van der Waals surface area contributed by atoms with Crippen LogP contribution in [0.5, 0.6) is 0 Å². The number of benzene rings is 1. The highest BCUT2D eigenvalue weighted by molar-refractivity contribution is 9.10. The number of rotatable bonds is 4. The van der Waals surface area contributed by atoms with Crippen LogP contribution < -0.4 is 10.9 Å². The molecule has 25 heavy (non-hydrogen) atoms. The van der Waals surface area contributed by atoms with E-state index in [1.807, 2.05) is 12.1 Å². The Bertz CT molecular complexity index is 814. The average Bonchev–Trinajstić information content (AvgIpc) is 2.47. The fraction of sp³-hybridized carbons (Fsp3) is 0.333. The van der Waals surface area contributed by atoms with Crippen molar-refractivity contribution in [3.05, 3.63) is 68.0 Å². The molecule has 134 valence electrons. The van der Waals surface area contributed by atoms with E-state index < -0.39 is 17.7 Å². The molecule has 2 aromatic rings. The molecule has 7 heteroatoms. The molecular formula is C18H20BrClN2O3. The molecule has 0 aliphatic carbocycles. The quantitative estimate of drug-likeness (QED) is 0.788. The summed E-state index contributed by atoms with van der Waals surface area (Å²) in [6.07, 6.45) is 1.14. The van der Waals surface area contributed by atoms with Crippen LogP contribution in [0.1, 0.15) is 32.4 Å². The summed E-state index contributed by atoms with van der Waals surface area (Å²) < 4.78 is 7.50. The topological polar surface area (TPSA) is 60.3 Å². The van der Waals surface area contributed by atoms with E-state index >= 15 is 0 Å². The van der Waals surface area contributed by atoms with Gasteiger partial charge in [0.25, 0.3) is 5.56 Å². The second-order valence-corrected chi connectivity index (χ2v) is 7.90. The van der Waals surface area contributed by atoms with Crippen molar-refractivity contribution in [1.29, 1.82) is 0 Å². The van der Waals surface area contributed by atoms with Crippen LogP contribution in [0.25, 0.3) is 0 Å². The number of hydrogen-bond acceptors (Lipinski definition) is 3. The van der Waals surface area contributed by atoms with Crippen molar-refractivity contribution in [3.63, 3.8) is 0 Å². The Kier molecular flexibility index (Phi) is 6.30. The molecule has 0 bridgehead atoms. The molecule has 0 aliphatic heterocycles. The van der Waals surface area contributed by atoms with Crippen molar-refractivity contribution in [2.45, 2.75) is 32.4 Å². The highest BCUT2D eigenvalue weighted by Gasteiger charge is 2.20. The molecule has 0 saturated heterocycles. The van der Waals surface area contributed by atoms with E-state index in [1.54, 1.807) is 49.7 Å². The lowest BCUT2D eigenvalue weighted by Gasteiger charge is -2.23. The Morgan fingerprint density at radius 2 is 2.04 bits per heavy atom. The van der Waals surface area contributed by atoms with E-state index in [0.717, 1.165) is 5.56 Å². The van der Waals surface area contributed by atoms with Crippen LogP contribution in [0.15, 0.2) is 51.9 Å². The van der Waals surface area contributed by atoms with Gasteiger partial charge in [-0.2, -0.15) is 0 Å². The molecule has 0 radical (unpaired) electrons. The summed E-state index contributed by atoms with van der Waals surface area (Å²) in [6.45, 7) is 5.57. The number of amides is 1. The second kappa shape index (κ2) is 8.06. The summed E-state index contributed by atoms with van der Waals surface area (Å²) in [5.74, 6) is 0. The average molecular weight is 428 g/mol. The molecule has 0 saturated carbocycles. The number of hydrogen-bond donors (Lipinski definition) is 1. The summed E-state index contributed by atoms with van der Waals surface area (Å²) in [7, 11) is 0. The predicted octanol–water partition coefficient (Wildman–Crippen LogP) is 4.38. The van der Waals surface area contributed by atoms with Gasteiger partial charge in [-0.15, -0.1) is 0 Å². The van der Waals surface area contributed by atoms with Crippen LogP contribution in [-0.2, 0) is 4.74 Å². The molecule has 2 rings (SSSR count). The first-order valence-corrected chi connectivity index (χ1v) is 8.93. The smallest absolute Gasteiger partial charge is 0.407 e. The molecule has 5 nitrogen and oxygen atoms in total. The maximum absolute atomic E-state index is 12.4. The zero-order valence-corrected chi connectivity index (χ0v) is 16.6. The van der Waals surface area contributed by atoms with Crippen molar-refractivity contribution in [2.75, 3.05) is 6.54 Å². The number of carbonyl (C=O) groups is 1. The standard InChI is InChI=1S/C18H20BrClN2O3/c1-18(2,3)25-17(24)21-11-15(12-5-4-6-14(20)9-12)22-8-7-13(19)10-16(22)23/h4-10,15H,11H2,1-3H3,(H,21,24). The minimum Gasteiger partial charge on any atom is -0.444 e. The molecule has 1 aromatic heterocycles. The first-order chi connectivity index (χ1) is 11.7. The largest absolute Gasteiger partial charge is 0.444 e. The van der Waals surface area contributed by atoms with Gasteiger partial charge in [-0.1, -0.05) is 39.7 Å². The monoisotopic (exact) mass is 426 g/mol. The van der Waals surface area contributed by atoms with Crippen LogP contribution in [-0.4, -0.2) is 22.8 Å². The number of pyridine rings is 1. The third-order valence-corrected chi connectivity index (χ3v) is 4.05. The Hall–Kier alpha value is -1.79. The summed E-state index contributed by atoms with van der Waals surface area (Å²) in [6, 6.07) is 10.0. The number of aromatic nitrogens is 1. The molecule has 1 aromatic carbocycles. The number of halogens is 2. The van der Waals surface area contributed by atoms with Crippen molar-refractivity contribution >= 4 is 33.6 Å². The fourth-order valence-electron chi connectivity index (χ4n) is 2.31. The Morgan fingerprint density at radius 3 is 2.64 bits per heavy atom. The van der Waals surface area contributed by atoms with E-state index in [4.69, 9.17) is 16.3 Å². The van der Waals surface area contributed by atoms with Crippen LogP contribution in [0, 0.1) is 0 Å². The van der Waals surface area contributed by atoms with Crippen molar-refractivity contribution in [1.82, 2.24) is 9.88 Å². The van der Waals surface area contributed by atoms with Gasteiger partial charge >= 0.3 is 6.09 Å². The molecule has 1 unspecified atom stereocenters. The molecule has 0 spiro atoms. The fourth-order valence-corrected chi connectivity index (χ4v) is 2.82. The normalized spacial score (nSPS) is 12.5. The van der Waals surface area contributed by atoms with Gasteiger partial charge in [0, 0.05) is 28.3 Å². The van der Waals surface area contributed by atoms with Crippen LogP contribution >= 0.6 is 27.5 Å². The van der Waals surface area contributed by atoms with E-state index in [1.165, 1.54) is 6.07 Å². The van der Waals surface area contributed by atoms with Crippen molar-refractivity contribution in [2.24, 2.45) is 0 Å². The zero-order valence-electron chi connectivity index (χ0n) is 14.3. The van der Waals surface area contributed by atoms with Crippen LogP contribution in [0.3, 0.4) is 0 Å².